The van der Waals surface area contributed by atoms with Crippen LogP contribution in [-0.4, -0.2) is 16.9 Å². The maximum absolute atomic E-state index is 11.5. The Morgan fingerprint density at radius 3 is 2.38 bits per heavy atom. The van der Waals surface area contributed by atoms with Crippen LogP contribution in [0, 0.1) is 0 Å². The summed E-state index contributed by atoms with van der Waals surface area (Å²) in [5, 5.41) is 11.4. The van der Waals surface area contributed by atoms with E-state index in [9.17, 15) is 9.59 Å². The summed E-state index contributed by atoms with van der Waals surface area (Å²) in [6, 6.07) is 6.49. The van der Waals surface area contributed by atoms with Crippen molar-refractivity contribution >= 4 is 11.8 Å². The zero-order chi connectivity index (χ0) is 10.8. The quantitative estimate of drug-likeness (QED) is 0.734. The van der Waals surface area contributed by atoms with Crippen molar-refractivity contribution in [2.75, 3.05) is 0 Å². The molecule has 0 spiro atoms. The van der Waals surface area contributed by atoms with E-state index < -0.39 is 0 Å². The first-order valence-corrected chi connectivity index (χ1v) is 4.79. The number of hydrogen-bond donors (Lipinski definition) is 2. The fourth-order valence-electron chi connectivity index (χ4n) is 1.72. The van der Waals surface area contributed by atoms with Gasteiger partial charge in [-0.2, -0.15) is 0 Å². The van der Waals surface area contributed by atoms with E-state index in [4.69, 9.17) is 5.11 Å². The molecule has 2 rings (SSSR count). The van der Waals surface area contributed by atoms with Crippen molar-refractivity contribution in [3.8, 4) is 5.75 Å². The summed E-state index contributed by atoms with van der Waals surface area (Å²) in [7, 11) is 0. The van der Waals surface area contributed by atoms with Gasteiger partial charge in [-0.3, -0.25) is 14.9 Å². The zero-order valence-corrected chi connectivity index (χ0v) is 9.91. The van der Waals surface area contributed by atoms with Gasteiger partial charge in [-0.15, -0.1) is 0 Å². The number of amides is 2. The van der Waals surface area contributed by atoms with Gasteiger partial charge in [0.05, 0.1) is 5.92 Å². The van der Waals surface area contributed by atoms with Crippen LogP contribution in [0.1, 0.15) is 24.3 Å². The van der Waals surface area contributed by atoms with E-state index in [2.05, 4.69) is 5.32 Å². The molecule has 1 aromatic carbocycles. The summed E-state index contributed by atoms with van der Waals surface area (Å²) in [6.45, 7) is 0. The number of carbonyl (C=O) groups excluding carboxylic acids is 2. The standard InChI is InChI=1S/C11H11NO3.V/c13-8-3-1-7(2-4-8)9-5-6-10(14)12-11(9)15;/h1-4,9,13H,5-6H2,(H,12,14,15);. The van der Waals surface area contributed by atoms with Crippen LogP contribution in [0.25, 0.3) is 0 Å². The molecule has 4 nitrogen and oxygen atoms in total. The number of piperidine rings is 1. The van der Waals surface area contributed by atoms with E-state index in [0.717, 1.165) is 5.56 Å². The Hall–Kier alpha value is -1.26. The third kappa shape index (κ3) is 2.65. The van der Waals surface area contributed by atoms with E-state index in [1.54, 1.807) is 24.3 Å². The number of hydrogen-bond acceptors (Lipinski definition) is 3. The van der Waals surface area contributed by atoms with Crippen molar-refractivity contribution < 1.29 is 33.3 Å². The molecule has 0 saturated carbocycles. The molecule has 1 fully saturated rings. The zero-order valence-electron chi connectivity index (χ0n) is 8.51. The molecule has 1 atom stereocenters. The normalized spacial score (nSPS) is 19.9. The van der Waals surface area contributed by atoms with E-state index in [1.165, 1.54) is 0 Å². The largest absolute Gasteiger partial charge is 0.508 e. The molecular formula is C11H11NO3V. The monoisotopic (exact) mass is 256 g/mol. The van der Waals surface area contributed by atoms with Gasteiger partial charge in [-0.1, -0.05) is 12.1 Å². The first-order valence-electron chi connectivity index (χ1n) is 4.79. The van der Waals surface area contributed by atoms with Gasteiger partial charge < -0.3 is 5.11 Å². The molecule has 1 heterocycles. The first kappa shape index (κ1) is 12.8. The van der Waals surface area contributed by atoms with Crippen LogP contribution < -0.4 is 5.32 Å². The number of phenols is 1. The molecule has 1 aliphatic heterocycles. The Morgan fingerprint density at radius 1 is 1.19 bits per heavy atom. The summed E-state index contributed by atoms with van der Waals surface area (Å²) in [5.41, 5.74) is 0.831. The number of phenolic OH excluding ortho intramolecular Hbond substituents is 1. The molecule has 0 bridgehead atoms. The Balaban J connectivity index is 0.00000128. The molecule has 1 radical (unpaired) electrons. The minimum atomic E-state index is -0.275. The minimum Gasteiger partial charge on any atom is -0.508 e. The molecule has 1 unspecified atom stereocenters. The molecule has 0 aromatic heterocycles. The second-order valence-electron chi connectivity index (χ2n) is 3.60. The summed E-state index contributed by atoms with van der Waals surface area (Å²) in [6.07, 6.45) is 0.909. The molecule has 5 heteroatoms. The van der Waals surface area contributed by atoms with Crippen molar-refractivity contribution in [3.63, 3.8) is 0 Å². The maximum atomic E-state index is 11.5. The summed E-state index contributed by atoms with van der Waals surface area (Å²) >= 11 is 0. The number of nitrogens with one attached hydrogen (secondary N) is 1. The number of rotatable bonds is 1. The van der Waals surface area contributed by atoms with Crippen molar-refractivity contribution in [2.24, 2.45) is 0 Å². The first-order chi connectivity index (χ1) is 7.16. The summed E-state index contributed by atoms with van der Waals surface area (Å²) in [4.78, 5) is 22.4. The molecule has 1 aliphatic rings. The second kappa shape index (κ2) is 5.19. The molecule has 2 N–H and O–H groups in total. The predicted octanol–water partition coefficient (Wildman–Crippen LogP) is 0.910. The predicted molar refractivity (Wildman–Crippen MR) is 53.2 cm³/mol. The average Bonchev–Trinajstić information content (AvgIpc) is 2.20. The Kier molecular flexibility index (Phi) is 4.15. The van der Waals surface area contributed by atoms with Gasteiger partial charge in [-0.05, 0) is 24.1 Å². The topological polar surface area (TPSA) is 66.4 Å². The van der Waals surface area contributed by atoms with Crippen LogP contribution in [0.3, 0.4) is 0 Å². The SMILES string of the molecule is O=C1CCC(c2ccc(O)cc2)C(=O)N1.[V]. The third-order valence-corrected chi connectivity index (χ3v) is 2.53. The second-order valence-corrected chi connectivity index (χ2v) is 3.60. The molecular weight excluding hydrogens is 245 g/mol. The van der Waals surface area contributed by atoms with Crippen LogP contribution in [-0.2, 0) is 28.1 Å². The van der Waals surface area contributed by atoms with Crippen molar-refractivity contribution in [2.45, 2.75) is 18.8 Å². The smallest absolute Gasteiger partial charge is 0.234 e. The van der Waals surface area contributed by atoms with Crippen molar-refractivity contribution in [3.05, 3.63) is 29.8 Å². The summed E-state index contributed by atoms with van der Waals surface area (Å²) in [5.74, 6) is -0.568. The maximum Gasteiger partial charge on any atom is 0.234 e. The Bertz CT molecular complexity index is 402. The van der Waals surface area contributed by atoms with Crippen LogP contribution in [0.5, 0.6) is 5.75 Å². The van der Waals surface area contributed by atoms with E-state index >= 15 is 0 Å². The van der Waals surface area contributed by atoms with Crippen molar-refractivity contribution in [1.29, 1.82) is 0 Å². The van der Waals surface area contributed by atoms with Crippen LogP contribution in [0.2, 0.25) is 0 Å². The minimum absolute atomic E-state index is 0. The van der Waals surface area contributed by atoms with Gasteiger partial charge in [0.1, 0.15) is 5.75 Å². The molecule has 0 aliphatic carbocycles. The molecule has 1 aromatic rings. The summed E-state index contributed by atoms with van der Waals surface area (Å²) < 4.78 is 0. The van der Waals surface area contributed by atoms with Gasteiger partial charge in [0, 0.05) is 25.0 Å². The van der Waals surface area contributed by atoms with Crippen LogP contribution in [0.4, 0.5) is 0 Å². The van der Waals surface area contributed by atoms with Crippen LogP contribution >= 0.6 is 0 Å². The number of benzene rings is 1. The number of carbonyl (C=O) groups is 2. The average molecular weight is 256 g/mol. The number of imide groups is 1. The molecule has 2 amide bonds. The van der Waals surface area contributed by atoms with Crippen LogP contribution in [0.15, 0.2) is 24.3 Å². The van der Waals surface area contributed by atoms with Gasteiger partial charge in [0.25, 0.3) is 0 Å². The van der Waals surface area contributed by atoms with E-state index in [0.29, 0.717) is 12.8 Å². The van der Waals surface area contributed by atoms with Crippen molar-refractivity contribution in [1.82, 2.24) is 5.32 Å². The van der Waals surface area contributed by atoms with E-state index in [1.807, 2.05) is 0 Å². The Morgan fingerprint density at radius 2 is 1.81 bits per heavy atom. The van der Waals surface area contributed by atoms with E-state index in [-0.39, 0.29) is 42.0 Å². The Labute approximate surface area is 105 Å². The molecule has 16 heavy (non-hydrogen) atoms. The fraction of sp³-hybridized carbons (Fsp3) is 0.273. The van der Waals surface area contributed by atoms with Gasteiger partial charge in [0.15, 0.2) is 0 Å². The van der Waals surface area contributed by atoms with Gasteiger partial charge in [0.2, 0.25) is 11.8 Å². The fourth-order valence-corrected chi connectivity index (χ4v) is 1.72. The third-order valence-electron chi connectivity index (χ3n) is 2.53. The molecule has 1 saturated heterocycles. The van der Waals surface area contributed by atoms with Gasteiger partial charge in [-0.25, -0.2) is 0 Å². The number of aromatic hydroxyl groups is 1. The van der Waals surface area contributed by atoms with Gasteiger partial charge >= 0.3 is 0 Å². The molecule has 83 valence electrons.